The van der Waals surface area contributed by atoms with E-state index in [2.05, 4.69) is 47.3 Å². The minimum absolute atomic E-state index is 0.0422. The molecule has 0 saturated heterocycles. The molecular weight excluding hydrogens is 588 g/mol. The summed E-state index contributed by atoms with van der Waals surface area (Å²) in [4.78, 5) is 35.8. The van der Waals surface area contributed by atoms with Crippen LogP contribution in [0.5, 0.6) is 0 Å². The van der Waals surface area contributed by atoms with Crippen molar-refractivity contribution in [1.29, 1.82) is 0 Å². The van der Waals surface area contributed by atoms with Crippen LogP contribution >= 0.6 is 0 Å². The lowest BCUT2D eigenvalue weighted by Crippen LogP contribution is -2.65. The fraction of sp³-hybridized carbons (Fsp3) is 0.683. The molecule has 3 N–H and O–H groups in total. The first-order valence-corrected chi connectivity index (χ1v) is 18.2. The molecule has 0 spiro atoms. The van der Waals surface area contributed by atoms with Gasteiger partial charge in [0.1, 0.15) is 0 Å². The number of aromatic carboxylic acids is 1. The van der Waals surface area contributed by atoms with Gasteiger partial charge in [0.15, 0.2) is 0 Å². The molecule has 0 bridgehead atoms. The predicted octanol–water partition coefficient (Wildman–Crippen LogP) is 9.75. The van der Waals surface area contributed by atoms with Gasteiger partial charge in [-0.05, 0) is 152 Å². The van der Waals surface area contributed by atoms with E-state index in [4.69, 9.17) is 5.11 Å². The van der Waals surface area contributed by atoms with Crippen LogP contribution in [-0.2, 0) is 9.59 Å². The van der Waals surface area contributed by atoms with E-state index in [0.29, 0.717) is 29.7 Å². The Labute approximate surface area is 281 Å². The maximum absolute atomic E-state index is 13.2. The number of fused-ring (bicyclic) bond motifs is 7. The first-order valence-electron chi connectivity index (χ1n) is 18.2. The van der Waals surface area contributed by atoms with Crippen LogP contribution < -0.4 is 0 Å². The Bertz CT molecular complexity index is 1490. The van der Waals surface area contributed by atoms with Crippen LogP contribution in [0.25, 0.3) is 5.57 Å². The zero-order chi connectivity index (χ0) is 34.2. The largest absolute Gasteiger partial charge is 0.481 e. The predicted molar refractivity (Wildman–Crippen MR) is 184 cm³/mol. The minimum Gasteiger partial charge on any atom is -0.481 e. The fourth-order valence-electron chi connectivity index (χ4n) is 13.1. The number of allylic oxidation sites excluding steroid dienone is 3. The van der Waals surface area contributed by atoms with Crippen molar-refractivity contribution in [3.63, 3.8) is 0 Å². The Morgan fingerprint density at radius 1 is 0.787 bits per heavy atom. The van der Waals surface area contributed by atoms with Gasteiger partial charge >= 0.3 is 17.9 Å². The van der Waals surface area contributed by atoms with E-state index in [9.17, 15) is 24.6 Å². The molecule has 4 saturated carbocycles. The molecule has 1 aromatic rings. The Morgan fingerprint density at radius 2 is 1.47 bits per heavy atom. The molecule has 6 rings (SSSR count). The number of hydrogen-bond donors (Lipinski definition) is 3. The fourth-order valence-corrected chi connectivity index (χ4v) is 13.1. The second kappa shape index (κ2) is 11.6. The molecule has 9 atom stereocenters. The summed E-state index contributed by atoms with van der Waals surface area (Å²) >= 11 is 0. The zero-order valence-electron chi connectivity index (χ0n) is 29.2. The van der Waals surface area contributed by atoms with Crippen LogP contribution in [0.4, 0.5) is 0 Å². The Hall–Kier alpha value is -2.89. The van der Waals surface area contributed by atoms with Gasteiger partial charge in [0.05, 0.1) is 11.0 Å². The first-order chi connectivity index (χ1) is 22.0. The summed E-state index contributed by atoms with van der Waals surface area (Å²) in [7, 11) is 0. The quantitative estimate of drug-likeness (QED) is 0.182. The molecule has 47 heavy (non-hydrogen) atoms. The number of carboxylic acid groups (broad SMARTS) is 3. The smallest absolute Gasteiger partial charge is 0.335 e. The van der Waals surface area contributed by atoms with Gasteiger partial charge in [0.25, 0.3) is 0 Å². The van der Waals surface area contributed by atoms with Crippen molar-refractivity contribution in [2.45, 2.75) is 118 Å². The van der Waals surface area contributed by atoms with Gasteiger partial charge in [-0.25, -0.2) is 4.79 Å². The summed E-state index contributed by atoms with van der Waals surface area (Å²) in [6, 6.07) is 7.41. The van der Waals surface area contributed by atoms with E-state index in [0.717, 1.165) is 81.8 Å². The minimum atomic E-state index is -0.899. The van der Waals surface area contributed by atoms with Crippen molar-refractivity contribution in [2.75, 3.05) is 0 Å². The van der Waals surface area contributed by atoms with Crippen LogP contribution in [0.2, 0.25) is 0 Å². The van der Waals surface area contributed by atoms with E-state index in [1.807, 2.05) is 12.1 Å². The molecule has 5 aliphatic carbocycles. The number of unbranched alkanes of at least 4 members (excludes halogenated alkanes) is 1. The van der Waals surface area contributed by atoms with Crippen LogP contribution in [-0.4, -0.2) is 33.2 Å². The highest BCUT2D eigenvalue weighted by atomic mass is 16.4. The highest BCUT2D eigenvalue weighted by Gasteiger charge is 2.71. The van der Waals surface area contributed by atoms with Crippen molar-refractivity contribution in [3.05, 3.63) is 53.6 Å². The van der Waals surface area contributed by atoms with Gasteiger partial charge in [-0.1, -0.05) is 65.0 Å². The molecule has 4 fully saturated rings. The zero-order valence-corrected chi connectivity index (χ0v) is 29.2. The van der Waals surface area contributed by atoms with Gasteiger partial charge in [-0.3, -0.25) is 9.59 Å². The maximum atomic E-state index is 13.2. The van der Waals surface area contributed by atoms with Crippen molar-refractivity contribution < 1.29 is 29.7 Å². The lowest BCUT2D eigenvalue weighted by Gasteiger charge is -2.72. The van der Waals surface area contributed by atoms with Crippen molar-refractivity contribution >= 4 is 23.5 Å². The van der Waals surface area contributed by atoms with E-state index in [1.54, 1.807) is 12.1 Å². The molecule has 0 heterocycles. The van der Waals surface area contributed by atoms with Gasteiger partial charge in [-0.2, -0.15) is 0 Å². The average molecular weight is 645 g/mol. The molecule has 6 heteroatoms. The third-order valence-corrected chi connectivity index (χ3v) is 15.5. The Kier molecular flexibility index (Phi) is 8.40. The number of benzene rings is 1. The molecule has 0 unspecified atom stereocenters. The number of carboxylic acids is 3. The number of aliphatic carboxylic acids is 2. The number of hydrogen-bond acceptors (Lipinski definition) is 3. The SMILES string of the molecule is C=C(CCCCC(=O)O)[C@@H]1CC[C@]2(C(=O)O)CC[C@]3(C)[C@H](CC[C@@H]4[C@@]5(C)CC=C(c6ccc(C(=O)O)cc6)C(C)(C)[C@@H]5CC[C@]43C)[C@@H]12. The van der Waals surface area contributed by atoms with E-state index in [1.165, 1.54) is 5.57 Å². The molecule has 0 aliphatic heterocycles. The van der Waals surface area contributed by atoms with Crippen molar-refractivity contribution in [2.24, 2.45) is 56.7 Å². The highest BCUT2D eigenvalue weighted by Crippen LogP contribution is 2.77. The first kappa shape index (κ1) is 34.0. The standard InChI is InChI=1S/C41H56O6/c1-25(9-7-8-10-33(42)43)28-17-22-41(36(46)47)24-23-39(5)30(34(28)41)15-16-32-38(4)20-18-29(26-11-13-27(14-12-26)35(44)45)37(2,3)31(38)19-21-40(32,39)6/h11-14,18,28,30-32,34H,1,7-10,15-17,19-24H2,2-6H3,(H,42,43)(H,44,45)(H,46,47)/t28-,30+,31-,32+,34+,38-,39+,40+,41-/m0/s1. The van der Waals surface area contributed by atoms with Crippen LogP contribution in [0, 0.1) is 56.7 Å². The summed E-state index contributed by atoms with van der Waals surface area (Å²) in [6.45, 7) is 17.0. The lowest BCUT2D eigenvalue weighted by molar-refractivity contribution is -0.228. The second-order valence-electron chi connectivity index (χ2n) is 17.5. The second-order valence-corrected chi connectivity index (χ2v) is 17.5. The van der Waals surface area contributed by atoms with Crippen molar-refractivity contribution in [1.82, 2.24) is 0 Å². The third kappa shape index (κ3) is 4.97. The summed E-state index contributed by atoms with van der Waals surface area (Å²) in [6.07, 6.45) is 13.7. The van der Waals surface area contributed by atoms with Crippen LogP contribution in [0.1, 0.15) is 134 Å². The monoisotopic (exact) mass is 644 g/mol. The molecule has 5 aliphatic rings. The third-order valence-electron chi connectivity index (χ3n) is 15.5. The lowest BCUT2D eigenvalue weighted by atomic mass is 9.32. The normalized spacial score (nSPS) is 40.2. The summed E-state index contributed by atoms with van der Waals surface area (Å²) < 4.78 is 0. The molecule has 6 nitrogen and oxygen atoms in total. The molecule has 0 radical (unpaired) electrons. The van der Waals surface area contributed by atoms with Gasteiger partial charge in [0.2, 0.25) is 0 Å². The molecule has 1 aromatic carbocycles. The molecule has 0 amide bonds. The van der Waals surface area contributed by atoms with Crippen LogP contribution in [0.15, 0.2) is 42.5 Å². The maximum Gasteiger partial charge on any atom is 0.335 e. The van der Waals surface area contributed by atoms with Gasteiger partial charge in [-0.15, -0.1) is 0 Å². The number of rotatable bonds is 9. The summed E-state index contributed by atoms with van der Waals surface area (Å²) in [5.41, 5.74) is 3.46. The summed E-state index contributed by atoms with van der Waals surface area (Å²) in [5.74, 6) is -0.610. The molecule has 256 valence electrons. The van der Waals surface area contributed by atoms with E-state index >= 15 is 0 Å². The molecule has 0 aromatic heterocycles. The Morgan fingerprint density at radius 3 is 2.11 bits per heavy atom. The molecular formula is C41H56O6. The van der Waals surface area contributed by atoms with E-state index < -0.39 is 23.3 Å². The average Bonchev–Trinajstić information content (AvgIpc) is 3.41. The topological polar surface area (TPSA) is 112 Å². The van der Waals surface area contributed by atoms with E-state index in [-0.39, 0.29) is 39.9 Å². The van der Waals surface area contributed by atoms with Gasteiger partial charge < -0.3 is 15.3 Å². The van der Waals surface area contributed by atoms with Crippen molar-refractivity contribution in [3.8, 4) is 0 Å². The summed E-state index contributed by atoms with van der Waals surface area (Å²) in [5, 5.41) is 29.4. The Balaban J connectivity index is 1.31. The van der Waals surface area contributed by atoms with Crippen LogP contribution in [0.3, 0.4) is 0 Å². The number of carbonyl (C=O) groups is 3. The highest BCUT2D eigenvalue weighted by molar-refractivity contribution is 5.88. The van der Waals surface area contributed by atoms with Gasteiger partial charge in [0, 0.05) is 6.42 Å².